The summed E-state index contributed by atoms with van der Waals surface area (Å²) < 4.78 is 38.0. The second-order valence-corrected chi connectivity index (χ2v) is 6.71. The molecule has 2 unspecified atom stereocenters. The van der Waals surface area contributed by atoms with Gasteiger partial charge in [-0.05, 0) is 43.5 Å². The molecule has 144 valence electrons. The van der Waals surface area contributed by atoms with Gasteiger partial charge in [0.15, 0.2) is 0 Å². The molecule has 1 aromatic carbocycles. The molecular formula is C19H20F3N3O2. The number of benzene rings is 1. The molecule has 0 radical (unpaired) electrons. The molecule has 2 aromatic rings. The largest absolute Gasteiger partial charge is 0.431 e. The van der Waals surface area contributed by atoms with Crippen molar-refractivity contribution in [3.05, 3.63) is 63.1 Å². The normalized spacial score (nSPS) is 19.1. The summed E-state index contributed by atoms with van der Waals surface area (Å²) >= 11 is 0. The molecule has 0 spiro atoms. The number of anilines is 1. The third-order valence-electron chi connectivity index (χ3n) is 4.72. The highest BCUT2D eigenvalue weighted by Gasteiger charge is 2.33. The number of aromatic nitrogens is 1. The summed E-state index contributed by atoms with van der Waals surface area (Å²) in [5.41, 5.74) is 0.244. The van der Waals surface area contributed by atoms with E-state index in [-0.39, 0.29) is 17.6 Å². The lowest BCUT2D eigenvalue weighted by molar-refractivity contribution is -0.141. The molecule has 0 bridgehead atoms. The van der Waals surface area contributed by atoms with Crippen LogP contribution in [0.25, 0.3) is 0 Å². The maximum Gasteiger partial charge on any atom is 0.431 e. The van der Waals surface area contributed by atoms with Crippen molar-refractivity contribution in [1.82, 2.24) is 10.3 Å². The van der Waals surface area contributed by atoms with Crippen LogP contribution in [-0.2, 0) is 6.18 Å². The Morgan fingerprint density at radius 2 is 2.00 bits per heavy atom. The molecule has 1 amide bonds. The Hall–Kier alpha value is -2.77. The predicted molar refractivity (Wildman–Crippen MR) is 95.8 cm³/mol. The molecule has 0 saturated carbocycles. The van der Waals surface area contributed by atoms with E-state index in [4.69, 9.17) is 0 Å². The van der Waals surface area contributed by atoms with Crippen LogP contribution >= 0.6 is 0 Å². The molecule has 27 heavy (non-hydrogen) atoms. The molecule has 1 aromatic heterocycles. The van der Waals surface area contributed by atoms with Gasteiger partial charge in [-0.25, -0.2) is 0 Å². The van der Waals surface area contributed by atoms with E-state index < -0.39 is 23.3 Å². The van der Waals surface area contributed by atoms with E-state index in [1.807, 2.05) is 32.0 Å². The second-order valence-electron chi connectivity index (χ2n) is 6.71. The van der Waals surface area contributed by atoms with Crippen LogP contribution in [-0.4, -0.2) is 16.9 Å². The number of halogens is 3. The van der Waals surface area contributed by atoms with Gasteiger partial charge in [0.2, 0.25) is 0 Å². The number of fused-ring (bicyclic) bond motifs is 1. The standard InChI is InChI=1S/C19H20F3N3O2/c1-3-11-9-15(13-8-10(2)4-6-14(13)23-11)24-17(26)12-5-7-16(19(20,21)22)25-18(12)27/h4-8,11,15,23H,3,9H2,1-2H3,(H,24,26)(H,25,27). The van der Waals surface area contributed by atoms with E-state index in [1.54, 1.807) is 4.98 Å². The number of carbonyl (C=O) groups is 1. The van der Waals surface area contributed by atoms with Gasteiger partial charge in [0, 0.05) is 11.7 Å². The molecular weight excluding hydrogens is 359 g/mol. The van der Waals surface area contributed by atoms with Gasteiger partial charge in [-0.2, -0.15) is 13.2 Å². The minimum Gasteiger partial charge on any atom is -0.382 e. The van der Waals surface area contributed by atoms with Gasteiger partial charge in [0.05, 0.1) is 6.04 Å². The first kappa shape index (κ1) is 19.0. The zero-order valence-electron chi connectivity index (χ0n) is 14.9. The number of rotatable bonds is 3. The van der Waals surface area contributed by atoms with Gasteiger partial charge in [-0.3, -0.25) is 9.59 Å². The second kappa shape index (κ2) is 7.09. The van der Waals surface area contributed by atoms with E-state index in [9.17, 15) is 22.8 Å². The molecule has 3 N–H and O–H groups in total. The summed E-state index contributed by atoms with van der Waals surface area (Å²) in [7, 11) is 0. The Morgan fingerprint density at radius 1 is 1.26 bits per heavy atom. The maximum atomic E-state index is 12.7. The summed E-state index contributed by atoms with van der Waals surface area (Å²) in [6, 6.07) is 7.28. The first-order valence-corrected chi connectivity index (χ1v) is 8.67. The maximum absolute atomic E-state index is 12.7. The SMILES string of the molecule is CCC1CC(NC(=O)c2ccc(C(F)(F)F)[nH]c2=O)c2cc(C)ccc2N1. The highest BCUT2D eigenvalue weighted by atomic mass is 19.4. The fourth-order valence-electron chi connectivity index (χ4n) is 3.25. The lowest BCUT2D eigenvalue weighted by atomic mass is 9.90. The van der Waals surface area contributed by atoms with E-state index in [1.165, 1.54) is 0 Å². The first-order chi connectivity index (χ1) is 12.7. The van der Waals surface area contributed by atoms with Crippen LogP contribution in [0.2, 0.25) is 0 Å². The molecule has 1 aliphatic rings. The molecule has 2 atom stereocenters. The van der Waals surface area contributed by atoms with Gasteiger partial charge < -0.3 is 15.6 Å². The van der Waals surface area contributed by atoms with Gasteiger partial charge in [-0.15, -0.1) is 0 Å². The van der Waals surface area contributed by atoms with E-state index in [0.717, 1.165) is 29.3 Å². The van der Waals surface area contributed by atoms with Crippen LogP contribution in [0.15, 0.2) is 35.1 Å². The predicted octanol–water partition coefficient (Wildman–Crippen LogP) is 3.77. The summed E-state index contributed by atoms with van der Waals surface area (Å²) in [4.78, 5) is 26.2. The summed E-state index contributed by atoms with van der Waals surface area (Å²) in [5, 5.41) is 6.21. The molecule has 2 heterocycles. The van der Waals surface area contributed by atoms with Crippen LogP contribution in [0, 0.1) is 6.92 Å². The topological polar surface area (TPSA) is 74.0 Å². The van der Waals surface area contributed by atoms with E-state index in [0.29, 0.717) is 12.5 Å². The Kier molecular flexibility index (Phi) is 4.99. The van der Waals surface area contributed by atoms with Gasteiger partial charge in [0.1, 0.15) is 11.3 Å². The molecule has 8 heteroatoms. The number of aromatic amines is 1. The highest BCUT2D eigenvalue weighted by molar-refractivity contribution is 5.94. The summed E-state index contributed by atoms with van der Waals surface area (Å²) in [6.07, 6.45) is -3.20. The quantitative estimate of drug-likeness (QED) is 0.760. The Morgan fingerprint density at radius 3 is 2.63 bits per heavy atom. The van der Waals surface area contributed by atoms with Crippen molar-refractivity contribution in [2.24, 2.45) is 0 Å². The van der Waals surface area contributed by atoms with Crippen LogP contribution in [0.3, 0.4) is 0 Å². The van der Waals surface area contributed by atoms with Crippen molar-refractivity contribution in [2.45, 2.75) is 44.9 Å². The van der Waals surface area contributed by atoms with Crippen molar-refractivity contribution >= 4 is 11.6 Å². The average Bonchev–Trinajstić information content (AvgIpc) is 2.60. The Balaban J connectivity index is 1.88. The number of carbonyl (C=O) groups excluding carboxylic acids is 1. The van der Waals surface area contributed by atoms with Crippen molar-refractivity contribution in [3.63, 3.8) is 0 Å². The minimum absolute atomic E-state index is 0.149. The van der Waals surface area contributed by atoms with Crippen molar-refractivity contribution in [1.29, 1.82) is 0 Å². The molecule has 1 aliphatic heterocycles. The minimum atomic E-state index is -4.67. The van der Waals surface area contributed by atoms with Gasteiger partial charge in [-0.1, -0.05) is 24.6 Å². The van der Waals surface area contributed by atoms with Gasteiger partial charge in [0.25, 0.3) is 11.5 Å². The molecule has 5 nitrogen and oxygen atoms in total. The number of aryl methyl sites for hydroxylation is 1. The van der Waals surface area contributed by atoms with Crippen LogP contribution in [0.1, 0.15) is 53.0 Å². The molecule has 0 fully saturated rings. The Bertz CT molecular complexity index is 921. The monoisotopic (exact) mass is 379 g/mol. The first-order valence-electron chi connectivity index (χ1n) is 8.67. The lowest BCUT2D eigenvalue weighted by Gasteiger charge is -2.33. The zero-order valence-corrected chi connectivity index (χ0v) is 14.9. The third kappa shape index (κ3) is 3.99. The van der Waals surface area contributed by atoms with Crippen LogP contribution in [0.5, 0.6) is 0 Å². The fraction of sp³-hybridized carbons (Fsp3) is 0.368. The zero-order chi connectivity index (χ0) is 19.8. The van der Waals surface area contributed by atoms with Crippen molar-refractivity contribution < 1.29 is 18.0 Å². The van der Waals surface area contributed by atoms with E-state index in [2.05, 4.69) is 10.6 Å². The Labute approximate surface area is 154 Å². The molecule has 0 saturated heterocycles. The van der Waals surface area contributed by atoms with Crippen molar-refractivity contribution in [3.8, 4) is 0 Å². The molecule has 3 rings (SSSR count). The number of hydrogen-bond acceptors (Lipinski definition) is 3. The smallest absolute Gasteiger partial charge is 0.382 e. The van der Waals surface area contributed by atoms with Gasteiger partial charge >= 0.3 is 6.18 Å². The average molecular weight is 379 g/mol. The number of alkyl halides is 3. The van der Waals surface area contributed by atoms with E-state index >= 15 is 0 Å². The number of nitrogens with one attached hydrogen (secondary N) is 3. The highest BCUT2D eigenvalue weighted by Crippen LogP contribution is 2.34. The number of hydrogen-bond donors (Lipinski definition) is 3. The number of H-pyrrole nitrogens is 1. The molecule has 0 aliphatic carbocycles. The lowest BCUT2D eigenvalue weighted by Crippen LogP contribution is -2.39. The summed E-state index contributed by atoms with van der Waals surface area (Å²) in [5.74, 6) is -0.695. The van der Waals surface area contributed by atoms with Crippen molar-refractivity contribution in [2.75, 3.05) is 5.32 Å². The summed E-state index contributed by atoms with van der Waals surface area (Å²) in [6.45, 7) is 3.96. The van der Waals surface area contributed by atoms with Crippen LogP contribution in [0.4, 0.5) is 18.9 Å². The number of pyridine rings is 1. The number of amides is 1. The fourth-order valence-corrected chi connectivity index (χ4v) is 3.25. The van der Waals surface area contributed by atoms with Crippen LogP contribution < -0.4 is 16.2 Å². The third-order valence-corrected chi connectivity index (χ3v) is 4.72.